The third kappa shape index (κ3) is 3.20. The Morgan fingerprint density at radius 2 is 2.47 bits per heavy atom. The Balaban J connectivity index is 1.91. The van der Waals surface area contributed by atoms with Crippen molar-refractivity contribution in [2.24, 2.45) is 4.99 Å². The van der Waals surface area contributed by atoms with Gasteiger partial charge in [-0.2, -0.15) is 0 Å². The summed E-state index contributed by atoms with van der Waals surface area (Å²) in [4.78, 5) is 8.03. The molecule has 0 aromatic carbocycles. The summed E-state index contributed by atoms with van der Waals surface area (Å²) in [6.07, 6.45) is 0. The van der Waals surface area contributed by atoms with E-state index in [9.17, 15) is 0 Å². The van der Waals surface area contributed by atoms with Gasteiger partial charge in [0.1, 0.15) is 0 Å². The van der Waals surface area contributed by atoms with Gasteiger partial charge in [-0.1, -0.05) is 6.07 Å². The Kier molecular flexibility index (Phi) is 4.02. The average molecular weight is 252 g/mol. The van der Waals surface area contributed by atoms with E-state index >= 15 is 0 Å². The first-order chi connectivity index (χ1) is 8.16. The molecular formula is C12H20N4S. The minimum atomic E-state index is 0.399. The third-order valence-electron chi connectivity index (χ3n) is 2.86. The lowest BCUT2D eigenvalue weighted by Crippen LogP contribution is -2.41. The van der Waals surface area contributed by atoms with Gasteiger partial charge in [0.2, 0.25) is 0 Å². The van der Waals surface area contributed by atoms with Crippen LogP contribution in [-0.2, 0) is 0 Å². The Morgan fingerprint density at radius 1 is 1.65 bits per heavy atom. The van der Waals surface area contributed by atoms with Crippen molar-refractivity contribution in [1.29, 1.82) is 0 Å². The minimum absolute atomic E-state index is 0.399. The third-order valence-corrected chi connectivity index (χ3v) is 3.84. The van der Waals surface area contributed by atoms with Crippen molar-refractivity contribution in [2.45, 2.75) is 19.0 Å². The molecule has 1 aliphatic rings. The second kappa shape index (κ2) is 5.51. The number of likely N-dealkylation sites (N-methyl/N-ethyl adjacent to an activating group) is 1. The van der Waals surface area contributed by atoms with Crippen molar-refractivity contribution in [3.8, 4) is 0 Å². The first-order valence-corrected chi connectivity index (χ1v) is 6.79. The molecule has 0 radical (unpaired) electrons. The Morgan fingerprint density at radius 3 is 3.00 bits per heavy atom. The van der Waals surface area contributed by atoms with E-state index < -0.39 is 0 Å². The molecule has 0 fully saturated rings. The number of hydrogen-bond donors (Lipinski definition) is 2. The summed E-state index contributed by atoms with van der Waals surface area (Å²) < 4.78 is 0. The molecule has 94 valence electrons. The van der Waals surface area contributed by atoms with Crippen molar-refractivity contribution < 1.29 is 0 Å². The number of nitrogens with zero attached hydrogens (tertiary/aromatic N) is 2. The van der Waals surface area contributed by atoms with E-state index in [2.05, 4.69) is 59.1 Å². The summed E-state index contributed by atoms with van der Waals surface area (Å²) >= 11 is 1.80. The van der Waals surface area contributed by atoms with Crippen molar-refractivity contribution in [1.82, 2.24) is 15.5 Å². The number of nitrogens with one attached hydrogen (secondary N) is 2. The summed E-state index contributed by atoms with van der Waals surface area (Å²) in [5, 5.41) is 8.83. The van der Waals surface area contributed by atoms with Gasteiger partial charge in [-0.25, -0.2) is 0 Å². The molecule has 1 aromatic heterocycles. The van der Waals surface area contributed by atoms with Crippen molar-refractivity contribution >= 4 is 17.3 Å². The SMILES string of the molecule is CC1CN=C(NCC(c2cccs2)N(C)C)N1. The Labute approximate surface area is 107 Å². The topological polar surface area (TPSA) is 39.7 Å². The largest absolute Gasteiger partial charge is 0.354 e. The predicted octanol–water partition coefficient (Wildman–Crippen LogP) is 1.29. The van der Waals surface area contributed by atoms with Gasteiger partial charge in [-0.05, 0) is 32.5 Å². The Hall–Kier alpha value is -1.07. The first-order valence-electron chi connectivity index (χ1n) is 5.91. The zero-order valence-electron chi connectivity index (χ0n) is 10.6. The van der Waals surface area contributed by atoms with Gasteiger partial charge in [-0.3, -0.25) is 4.99 Å². The zero-order valence-corrected chi connectivity index (χ0v) is 11.4. The molecule has 2 atom stereocenters. The second-order valence-electron chi connectivity index (χ2n) is 4.61. The minimum Gasteiger partial charge on any atom is -0.354 e. The fourth-order valence-corrected chi connectivity index (χ4v) is 2.79. The molecule has 5 heteroatoms. The van der Waals surface area contributed by atoms with Crippen LogP contribution in [0.5, 0.6) is 0 Å². The molecule has 2 unspecified atom stereocenters. The fourth-order valence-electron chi connectivity index (χ4n) is 1.87. The van der Waals surface area contributed by atoms with Crippen LogP contribution in [0.2, 0.25) is 0 Å². The second-order valence-corrected chi connectivity index (χ2v) is 5.59. The van der Waals surface area contributed by atoms with Crippen LogP contribution in [-0.4, -0.2) is 44.1 Å². The summed E-state index contributed by atoms with van der Waals surface area (Å²) in [7, 11) is 4.22. The standard InChI is InChI=1S/C12H20N4S/c1-9-7-13-12(15-9)14-8-10(16(2)3)11-5-4-6-17-11/h4-6,9-10H,7-8H2,1-3H3,(H2,13,14,15). The summed E-state index contributed by atoms with van der Waals surface area (Å²) in [5.41, 5.74) is 0. The quantitative estimate of drug-likeness (QED) is 0.848. The van der Waals surface area contributed by atoms with Gasteiger partial charge in [0.25, 0.3) is 0 Å². The van der Waals surface area contributed by atoms with E-state index in [1.807, 2.05) is 0 Å². The van der Waals surface area contributed by atoms with E-state index in [-0.39, 0.29) is 0 Å². The molecule has 2 N–H and O–H groups in total. The van der Waals surface area contributed by atoms with Gasteiger partial charge >= 0.3 is 0 Å². The summed E-state index contributed by atoms with van der Waals surface area (Å²) in [5.74, 6) is 0.931. The van der Waals surface area contributed by atoms with Gasteiger partial charge in [0.15, 0.2) is 5.96 Å². The van der Waals surface area contributed by atoms with Crippen LogP contribution >= 0.6 is 11.3 Å². The normalized spacial score (nSPS) is 21.2. The molecule has 17 heavy (non-hydrogen) atoms. The highest BCUT2D eigenvalue weighted by atomic mass is 32.1. The van der Waals surface area contributed by atoms with Crippen LogP contribution in [0.4, 0.5) is 0 Å². The van der Waals surface area contributed by atoms with Gasteiger partial charge < -0.3 is 15.5 Å². The molecule has 0 aliphatic carbocycles. The summed E-state index contributed by atoms with van der Waals surface area (Å²) in [6.45, 7) is 3.89. The maximum absolute atomic E-state index is 4.41. The predicted molar refractivity (Wildman–Crippen MR) is 73.6 cm³/mol. The van der Waals surface area contributed by atoms with Crippen molar-refractivity contribution in [3.63, 3.8) is 0 Å². The van der Waals surface area contributed by atoms with Crippen LogP contribution < -0.4 is 10.6 Å². The molecule has 0 spiro atoms. The highest BCUT2D eigenvalue weighted by Gasteiger charge is 2.17. The molecule has 2 heterocycles. The summed E-state index contributed by atoms with van der Waals surface area (Å²) in [6, 6.07) is 5.14. The lowest BCUT2D eigenvalue weighted by molar-refractivity contribution is 0.302. The average Bonchev–Trinajstić information content (AvgIpc) is 2.90. The van der Waals surface area contributed by atoms with Crippen molar-refractivity contribution in [2.75, 3.05) is 27.2 Å². The van der Waals surface area contributed by atoms with E-state index in [1.165, 1.54) is 4.88 Å². The van der Waals surface area contributed by atoms with E-state index in [0.717, 1.165) is 19.0 Å². The van der Waals surface area contributed by atoms with E-state index in [4.69, 9.17) is 0 Å². The molecule has 1 aliphatic heterocycles. The van der Waals surface area contributed by atoms with E-state index in [1.54, 1.807) is 11.3 Å². The highest BCUT2D eigenvalue weighted by Crippen LogP contribution is 2.22. The van der Waals surface area contributed by atoms with Gasteiger partial charge in [-0.15, -0.1) is 11.3 Å². The lowest BCUT2D eigenvalue weighted by Gasteiger charge is -2.24. The molecule has 0 saturated heterocycles. The van der Waals surface area contributed by atoms with Gasteiger partial charge in [0, 0.05) is 17.5 Å². The number of hydrogen-bond acceptors (Lipinski definition) is 5. The monoisotopic (exact) mass is 252 g/mol. The van der Waals surface area contributed by atoms with Crippen LogP contribution in [0.3, 0.4) is 0 Å². The molecular weight excluding hydrogens is 232 g/mol. The van der Waals surface area contributed by atoms with Crippen LogP contribution in [0.15, 0.2) is 22.5 Å². The molecule has 2 rings (SSSR count). The van der Waals surface area contributed by atoms with Gasteiger partial charge in [0.05, 0.1) is 12.6 Å². The zero-order chi connectivity index (χ0) is 12.3. The maximum Gasteiger partial charge on any atom is 0.191 e. The highest BCUT2D eigenvalue weighted by molar-refractivity contribution is 7.10. The molecule has 0 amide bonds. The van der Waals surface area contributed by atoms with Crippen LogP contribution in [0.1, 0.15) is 17.8 Å². The number of rotatable bonds is 4. The van der Waals surface area contributed by atoms with Crippen molar-refractivity contribution in [3.05, 3.63) is 22.4 Å². The maximum atomic E-state index is 4.41. The molecule has 0 bridgehead atoms. The molecule has 1 aromatic rings. The van der Waals surface area contributed by atoms with E-state index in [0.29, 0.717) is 12.1 Å². The smallest absolute Gasteiger partial charge is 0.191 e. The molecule has 0 saturated carbocycles. The number of aliphatic imine (C=N–C) groups is 1. The number of guanidine groups is 1. The number of thiophene rings is 1. The Bertz CT molecular complexity index is 372. The van der Waals surface area contributed by atoms with Crippen LogP contribution in [0, 0.1) is 0 Å². The lowest BCUT2D eigenvalue weighted by atomic mass is 10.2. The first kappa shape index (κ1) is 12.4. The van der Waals surface area contributed by atoms with Crippen LogP contribution in [0.25, 0.3) is 0 Å². The fraction of sp³-hybridized carbons (Fsp3) is 0.583. The molecule has 4 nitrogen and oxygen atoms in total.